The smallest absolute Gasteiger partial charge is 0.306 e. The maximum Gasteiger partial charge on any atom is 0.306 e. The number of aromatic nitrogens is 2. The maximum absolute atomic E-state index is 12.3. The zero-order chi connectivity index (χ0) is 19.4. The molecule has 1 atom stereocenters. The highest BCUT2D eigenvalue weighted by molar-refractivity contribution is 5.71. The molecule has 1 saturated heterocycles. The summed E-state index contributed by atoms with van der Waals surface area (Å²) in [7, 11) is 3.02. The Kier molecular flexibility index (Phi) is 5.92. The molecule has 0 aromatic carbocycles. The van der Waals surface area contributed by atoms with Crippen molar-refractivity contribution < 1.29 is 23.8 Å². The lowest BCUT2D eigenvalue weighted by Crippen LogP contribution is -2.35. The van der Waals surface area contributed by atoms with Crippen LogP contribution in [0.15, 0.2) is 27.7 Å². The van der Waals surface area contributed by atoms with Gasteiger partial charge >= 0.3 is 5.97 Å². The Hall–Kier alpha value is -2.65. The molecule has 3 rings (SSSR count). The number of aryl methyl sites for hydroxylation is 1. The Labute approximate surface area is 156 Å². The molecule has 146 valence electrons. The number of rotatable bonds is 6. The van der Waals surface area contributed by atoms with Crippen LogP contribution in [0.25, 0.3) is 0 Å². The third-order valence-electron chi connectivity index (χ3n) is 4.53. The highest BCUT2D eigenvalue weighted by Crippen LogP contribution is 2.33. The lowest BCUT2D eigenvalue weighted by atomic mass is 9.94. The van der Waals surface area contributed by atoms with E-state index in [2.05, 4.69) is 10.00 Å². The first-order valence-electron chi connectivity index (χ1n) is 8.69. The van der Waals surface area contributed by atoms with Crippen molar-refractivity contribution in [2.24, 2.45) is 7.05 Å². The molecule has 1 aliphatic heterocycles. The quantitative estimate of drug-likeness (QED) is 0.730. The highest BCUT2D eigenvalue weighted by Gasteiger charge is 2.28. The van der Waals surface area contributed by atoms with Crippen molar-refractivity contribution in [3.05, 3.63) is 45.8 Å². The Bertz CT molecular complexity index is 853. The minimum atomic E-state index is -0.677. The van der Waals surface area contributed by atoms with Gasteiger partial charge in [-0.1, -0.05) is 0 Å². The number of carbonyl (C=O) groups is 1. The molecule has 0 amide bonds. The fourth-order valence-electron chi connectivity index (χ4n) is 3.08. The van der Waals surface area contributed by atoms with E-state index in [1.807, 2.05) is 0 Å². The van der Waals surface area contributed by atoms with E-state index in [1.165, 1.54) is 13.2 Å². The normalized spacial score (nSPS) is 16.2. The molecule has 9 heteroatoms. The van der Waals surface area contributed by atoms with E-state index in [-0.39, 0.29) is 12.2 Å². The van der Waals surface area contributed by atoms with Crippen LogP contribution in [0.3, 0.4) is 0 Å². The second kappa shape index (κ2) is 8.36. The third-order valence-corrected chi connectivity index (χ3v) is 4.53. The summed E-state index contributed by atoms with van der Waals surface area (Å²) < 4.78 is 17.5. The van der Waals surface area contributed by atoms with Crippen molar-refractivity contribution in [1.29, 1.82) is 0 Å². The summed E-state index contributed by atoms with van der Waals surface area (Å²) in [5.74, 6) is -1.19. The summed E-state index contributed by atoms with van der Waals surface area (Å²) in [6, 6.07) is 1.28. The number of carbonyl (C=O) groups excluding carboxylic acids is 1. The second-order valence-corrected chi connectivity index (χ2v) is 6.46. The molecule has 0 aliphatic carbocycles. The van der Waals surface area contributed by atoms with E-state index in [4.69, 9.17) is 13.9 Å². The van der Waals surface area contributed by atoms with Crippen LogP contribution in [0.4, 0.5) is 0 Å². The molecule has 0 spiro atoms. The van der Waals surface area contributed by atoms with E-state index in [0.29, 0.717) is 31.1 Å². The Morgan fingerprint density at radius 1 is 1.41 bits per heavy atom. The molecule has 27 heavy (non-hydrogen) atoms. The molecule has 1 N–H and O–H groups in total. The summed E-state index contributed by atoms with van der Waals surface area (Å²) >= 11 is 0. The lowest BCUT2D eigenvalue weighted by Gasteiger charge is -2.26. The van der Waals surface area contributed by atoms with E-state index < -0.39 is 23.1 Å². The van der Waals surface area contributed by atoms with Crippen LogP contribution in [0.5, 0.6) is 5.75 Å². The average Bonchev–Trinajstić information content (AvgIpc) is 3.09. The molecular weight excluding hydrogens is 354 g/mol. The molecule has 3 heterocycles. The fourth-order valence-corrected chi connectivity index (χ4v) is 3.08. The van der Waals surface area contributed by atoms with Crippen LogP contribution in [-0.2, 0) is 27.9 Å². The number of ether oxygens (including phenoxy) is 2. The molecule has 2 aromatic heterocycles. The number of aromatic hydroxyl groups is 1. The summed E-state index contributed by atoms with van der Waals surface area (Å²) in [6.45, 7) is 3.12. The van der Waals surface area contributed by atoms with Crippen LogP contribution in [0, 0.1) is 0 Å². The van der Waals surface area contributed by atoms with E-state index in [1.54, 1.807) is 24.1 Å². The number of hydrogen-bond donors (Lipinski definition) is 1. The number of hydrogen-bond acceptors (Lipinski definition) is 8. The first-order valence-corrected chi connectivity index (χ1v) is 8.69. The topological polar surface area (TPSA) is 107 Å². The largest absolute Gasteiger partial charge is 0.502 e. The fraction of sp³-hybridized carbons (Fsp3) is 0.500. The van der Waals surface area contributed by atoms with Crippen molar-refractivity contribution in [1.82, 2.24) is 14.7 Å². The van der Waals surface area contributed by atoms with Crippen LogP contribution >= 0.6 is 0 Å². The van der Waals surface area contributed by atoms with Gasteiger partial charge in [-0.05, 0) is 0 Å². The van der Waals surface area contributed by atoms with Gasteiger partial charge in [-0.15, -0.1) is 0 Å². The summed E-state index contributed by atoms with van der Waals surface area (Å²) in [5, 5.41) is 14.4. The number of methoxy groups -OCH3 is 1. The number of esters is 1. The zero-order valence-corrected chi connectivity index (χ0v) is 15.4. The van der Waals surface area contributed by atoms with Crippen LogP contribution in [0.1, 0.15) is 29.4 Å². The predicted octanol–water partition coefficient (Wildman–Crippen LogP) is 0.606. The lowest BCUT2D eigenvalue weighted by molar-refractivity contribution is -0.140. The van der Waals surface area contributed by atoms with Crippen molar-refractivity contribution in [3.63, 3.8) is 0 Å². The van der Waals surface area contributed by atoms with Gasteiger partial charge in [0.1, 0.15) is 5.76 Å². The maximum atomic E-state index is 12.3. The van der Waals surface area contributed by atoms with Crippen molar-refractivity contribution in [2.45, 2.75) is 18.9 Å². The Morgan fingerprint density at radius 2 is 2.15 bits per heavy atom. The molecule has 0 radical (unpaired) electrons. The van der Waals surface area contributed by atoms with Crippen molar-refractivity contribution >= 4 is 5.97 Å². The molecule has 1 aliphatic rings. The van der Waals surface area contributed by atoms with E-state index in [0.717, 1.165) is 13.1 Å². The first-order chi connectivity index (χ1) is 13.0. The van der Waals surface area contributed by atoms with Crippen LogP contribution in [0.2, 0.25) is 0 Å². The molecular formula is C18H23N3O6. The van der Waals surface area contributed by atoms with Crippen LogP contribution in [-0.4, -0.2) is 59.2 Å². The number of morpholine rings is 1. The third kappa shape index (κ3) is 4.55. The van der Waals surface area contributed by atoms with Crippen molar-refractivity contribution in [2.75, 3.05) is 33.4 Å². The van der Waals surface area contributed by atoms with Gasteiger partial charge in [0.2, 0.25) is 11.2 Å². The van der Waals surface area contributed by atoms with Gasteiger partial charge in [0.15, 0.2) is 5.76 Å². The van der Waals surface area contributed by atoms with Gasteiger partial charge in [0.05, 0.1) is 45.4 Å². The molecule has 2 aromatic rings. The Morgan fingerprint density at radius 3 is 2.78 bits per heavy atom. The number of nitrogens with zero attached hydrogens (tertiary/aromatic N) is 3. The predicted molar refractivity (Wildman–Crippen MR) is 94.4 cm³/mol. The zero-order valence-electron chi connectivity index (χ0n) is 15.4. The minimum absolute atomic E-state index is 0.0455. The van der Waals surface area contributed by atoms with Gasteiger partial charge in [0.25, 0.3) is 0 Å². The van der Waals surface area contributed by atoms with Gasteiger partial charge in [-0.25, -0.2) is 0 Å². The summed E-state index contributed by atoms with van der Waals surface area (Å²) in [4.78, 5) is 26.3. The second-order valence-electron chi connectivity index (χ2n) is 6.46. The molecule has 1 unspecified atom stereocenters. The minimum Gasteiger partial charge on any atom is -0.502 e. The van der Waals surface area contributed by atoms with Crippen LogP contribution < -0.4 is 5.43 Å². The van der Waals surface area contributed by atoms with Gasteiger partial charge in [0, 0.05) is 38.0 Å². The standard InChI is InChI=1S/C18H23N3O6/c1-20-10-12(9-19-20)14(8-16(23)25-2)18-17(24)15(22)7-13(27-18)11-21-3-5-26-6-4-21/h7,9-10,14,24H,3-6,8,11H2,1-2H3. The van der Waals surface area contributed by atoms with Crippen molar-refractivity contribution in [3.8, 4) is 5.75 Å². The summed E-state index contributed by atoms with van der Waals surface area (Å²) in [6.07, 6.45) is 3.20. The monoisotopic (exact) mass is 377 g/mol. The van der Waals surface area contributed by atoms with Gasteiger partial charge in [-0.3, -0.25) is 19.2 Å². The summed E-state index contributed by atoms with van der Waals surface area (Å²) in [5.41, 5.74) is 0.100. The Balaban J connectivity index is 1.97. The van der Waals surface area contributed by atoms with E-state index in [9.17, 15) is 14.7 Å². The van der Waals surface area contributed by atoms with Gasteiger partial charge < -0.3 is 19.0 Å². The molecule has 9 nitrogen and oxygen atoms in total. The molecule has 0 saturated carbocycles. The SMILES string of the molecule is COC(=O)CC(c1cnn(C)c1)c1oc(CN2CCOCC2)cc(=O)c1O. The van der Waals surface area contributed by atoms with Gasteiger partial charge in [-0.2, -0.15) is 5.10 Å². The first kappa shape index (κ1) is 19.1. The molecule has 1 fully saturated rings. The average molecular weight is 377 g/mol. The van der Waals surface area contributed by atoms with E-state index >= 15 is 0 Å². The molecule has 0 bridgehead atoms. The highest BCUT2D eigenvalue weighted by atomic mass is 16.5.